The molecule has 0 fully saturated rings. The van der Waals surface area contributed by atoms with E-state index in [0.717, 1.165) is 0 Å². The Balaban J connectivity index is 3.28. The number of nitrogens with zero attached hydrogens (tertiary/aromatic N) is 1. The number of carboxylic acid groups (broad SMARTS) is 1. The summed E-state index contributed by atoms with van der Waals surface area (Å²) in [4.78, 5) is 12.4. The molecule has 1 aromatic heterocycles. The molecular formula is C6H3F3NO2S-. The third-order valence-electron chi connectivity index (χ3n) is 1.19. The predicted molar refractivity (Wildman–Crippen MR) is 36.2 cm³/mol. The van der Waals surface area contributed by atoms with Crippen molar-refractivity contribution in [3.8, 4) is 0 Å². The Morgan fingerprint density at radius 2 is 2.08 bits per heavy atom. The minimum Gasteiger partial charge on any atom is -0.544 e. The summed E-state index contributed by atoms with van der Waals surface area (Å²) in [7, 11) is 0. The van der Waals surface area contributed by atoms with E-state index in [1.54, 1.807) is 0 Å². The molecule has 0 saturated heterocycles. The highest BCUT2D eigenvalue weighted by atomic mass is 32.1. The second-order valence-corrected chi connectivity index (χ2v) is 3.40. The normalized spacial score (nSPS) is 11.7. The molecule has 0 atom stereocenters. The second kappa shape index (κ2) is 2.99. The van der Waals surface area contributed by atoms with Gasteiger partial charge in [-0.2, -0.15) is 13.2 Å². The summed E-state index contributed by atoms with van der Waals surface area (Å²) in [5.41, 5.74) is -1.38. The van der Waals surface area contributed by atoms with Crippen LogP contribution in [0, 0.1) is 6.92 Å². The minimum atomic E-state index is -4.74. The number of rotatable bonds is 1. The third kappa shape index (κ3) is 1.97. The van der Waals surface area contributed by atoms with Gasteiger partial charge >= 0.3 is 6.18 Å². The Labute approximate surface area is 74.8 Å². The van der Waals surface area contributed by atoms with Crippen molar-refractivity contribution in [3.05, 3.63) is 15.6 Å². The van der Waals surface area contributed by atoms with Crippen LogP contribution in [0.25, 0.3) is 0 Å². The molecule has 0 radical (unpaired) electrons. The molecule has 0 amide bonds. The molecule has 1 aromatic rings. The Kier molecular flexibility index (Phi) is 2.29. The van der Waals surface area contributed by atoms with Crippen LogP contribution in [0.4, 0.5) is 13.2 Å². The maximum absolute atomic E-state index is 12.1. The first-order valence-corrected chi connectivity index (χ1v) is 3.90. The largest absolute Gasteiger partial charge is 0.544 e. The highest BCUT2D eigenvalue weighted by Crippen LogP contribution is 2.33. The van der Waals surface area contributed by atoms with Crippen molar-refractivity contribution in [2.24, 2.45) is 0 Å². The fourth-order valence-electron chi connectivity index (χ4n) is 0.758. The second-order valence-electron chi connectivity index (χ2n) is 2.20. The number of carbonyl (C=O) groups is 1. The number of aromatic carboxylic acids is 1. The molecule has 1 rings (SSSR count). The molecule has 1 heterocycles. The third-order valence-corrected chi connectivity index (χ3v) is 2.14. The lowest BCUT2D eigenvalue weighted by molar-refractivity contribution is -0.255. The molecular weight excluding hydrogens is 207 g/mol. The smallest absolute Gasteiger partial charge is 0.434 e. The Morgan fingerprint density at radius 1 is 1.54 bits per heavy atom. The molecule has 0 unspecified atom stereocenters. The summed E-state index contributed by atoms with van der Waals surface area (Å²) >= 11 is 0.456. The van der Waals surface area contributed by atoms with Crippen LogP contribution in [-0.2, 0) is 6.18 Å². The maximum Gasteiger partial charge on any atom is 0.434 e. The van der Waals surface area contributed by atoms with Gasteiger partial charge in [0.2, 0.25) is 0 Å². The first-order valence-electron chi connectivity index (χ1n) is 3.08. The van der Waals surface area contributed by atoms with Gasteiger partial charge < -0.3 is 9.90 Å². The van der Waals surface area contributed by atoms with E-state index in [2.05, 4.69) is 4.98 Å². The molecule has 13 heavy (non-hydrogen) atoms. The molecule has 72 valence electrons. The molecule has 0 aliphatic carbocycles. The minimum absolute atomic E-state index is 0.0477. The monoisotopic (exact) mass is 210 g/mol. The first-order chi connectivity index (χ1) is 5.82. The van der Waals surface area contributed by atoms with Gasteiger partial charge in [-0.1, -0.05) is 0 Å². The van der Waals surface area contributed by atoms with Gasteiger partial charge in [-0.15, -0.1) is 11.3 Å². The van der Waals surface area contributed by atoms with Gasteiger partial charge in [-0.3, -0.25) is 0 Å². The van der Waals surface area contributed by atoms with Crippen molar-refractivity contribution in [1.82, 2.24) is 4.98 Å². The molecule has 0 bridgehead atoms. The standard InChI is InChI=1S/C6H4F3NO2S/c1-2-10-4(6(7,8)9)3(13-2)5(11)12/h1H3,(H,11,12)/p-1. The van der Waals surface area contributed by atoms with Crippen molar-refractivity contribution in [2.75, 3.05) is 0 Å². The lowest BCUT2D eigenvalue weighted by Gasteiger charge is -2.05. The summed E-state index contributed by atoms with van der Waals surface area (Å²) in [5, 5.41) is 10.3. The van der Waals surface area contributed by atoms with Gasteiger partial charge in [0, 0.05) is 0 Å². The number of carboxylic acids is 1. The zero-order chi connectivity index (χ0) is 10.2. The van der Waals surface area contributed by atoms with Crippen LogP contribution >= 0.6 is 11.3 Å². The summed E-state index contributed by atoms with van der Waals surface area (Å²) in [5.74, 6) is -1.85. The lowest BCUT2D eigenvalue weighted by atomic mass is 10.3. The number of thiazole rings is 1. The van der Waals surface area contributed by atoms with Crippen LogP contribution < -0.4 is 5.11 Å². The highest BCUT2D eigenvalue weighted by Gasteiger charge is 2.37. The van der Waals surface area contributed by atoms with Gasteiger partial charge in [-0.25, -0.2) is 4.98 Å². The molecule has 0 aliphatic rings. The van der Waals surface area contributed by atoms with E-state index in [4.69, 9.17) is 0 Å². The summed E-state index contributed by atoms with van der Waals surface area (Å²) in [6, 6.07) is 0. The predicted octanol–water partition coefficient (Wildman–Crippen LogP) is 0.834. The van der Waals surface area contributed by atoms with Gasteiger partial charge in [0.1, 0.15) is 0 Å². The van der Waals surface area contributed by atoms with Crippen LogP contribution in [0.3, 0.4) is 0 Å². The van der Waals surface area contributed by atoms with Crippen LogP contribution in [0.1, 0.15) is 20.4 Å². The SMILES string of the molecule is Cc1nc(C(F)(F)F)c(C(=O)[O-])s1. The molecule has 7 heteroatoms. The number of hydrogen-bond donors (Lipinski definition) is 0. The summed E-state index contributed by atoms with van der Waals surface area (Å²) in [6.45, 7) is 1.30. The van der Waals surface area contributed by atoms with Gasteiger partial charge in [-0.05, 0) is 6.92 Å². The van der Waals surface area contributed by atoms with Crippen molar-refractivity contribution in [3.63, 3.8) is 0 Å². The Hall–Kier alpha value is -1.11. The number of hydrogen-bond acceptors (Lipinski definition) is 4. The fourth-order valence-corrected chi connectivity index (χ4v) is 1.53. The summed E-state index contributed by atoms with van der Waals surface area (Å²) in [6.07, 6.45) is -4.74. The average molecular weight is 210 g/mol. The summed E-state index contributed by atoms with van der Waals surface area (Å²) < 4.78 is 36.2. The van der Waals surface area contributed by atoms with Crippen LogP contribution in [0.15, 0.2) is 0 Å². The van der Waals surface area contributed by atoms with Crippen LogP contribution in [-0.4, -0.2) is 11.0 Å². The van der Waals surface area contributed by atoms with Gasteiger partial charge in [0.15, 0.2) is 5.69 Å². The molecule has 0 spiro atoms. The van der Waals surface area contributed by atoms with Crippen LogP contribution in [0.2, 0.25) is 0 Å². The average Bonchev–Trinajstić information content (AvgIpc) is 2.29. The Morgan fingerprint density at radius 3 is 2.38 bits per heavy atom. The fraction of sp³-hybridized carbons (Fsp3) is 0.333. The molecule has 0 aromatic carbocycles. The topological polar surface area (TPSA) is 53.0 Å². The van der Waals surface area contributed by atoms with Crippen LogP contribution in [0.5, 0.6) is 0 Å². The van der Waals surface area contributed by atoms with Crippen molar-refractivity contribution in [2.45, 2.75) is 13.1 Å². The maximum atomic E-state index is 12.1. The van der Waals surface area contributed by atoms with E-state index < -0.39 is 22.7 Å². The number of alkyl halides is 3. The number of aryl methyl sites for hydroxylation is 1. The van der Waals surface area contributed by atoms with Gasteiger partial charge in [0.25, 0.3) is 0 Å². The van der Waals surface area contributed by atoms with E-state index in [-0.39, 0.29) is 5.01 Å². The lowest BCUT2D eigenvalue weighted by Crippen LogP contribution is -2.24. The van der Waals surface area contributed by atoms with Crippen molar-refractivity contribution in [1.29, 1.82) is 0 Å². The van der Waals surface area contributed by atoms with E-state index in [1.165, 1.54) is 6.92 Å². The zero-order valence-corrected chi connectivity index (χ0v) is 7.12. The molecule has 0 aliphatic heterocycles. The van der Waals surface area contributed by atoms with E-state index >= 15 is 0 Å². The van der Waals surface area contributed by atoms with Gasteiger partial charge in [0.05, 0.1) is 15.9 Å². The van der Waals surface area contributed by atoms with Crippen molar-refractivity contribution >= 4 is 17.3 Å². The van der Waals surface area contributed by atoms with Crippen molar-refractivity contribution < 1.29 is 23.1 Å². The molecule has 0 N–H and O–H groups in total. The number of aromatic nitrogens is 1. The number of carbonyl (C=O) groups excluding carboxylic acids is 1. The van der Waals surface area contributed by atoms with E-state index in [9.17, 15) is 23.1 Å². The molecule has 3 nitrogen and oxygen atoms in total. The quantitative estimate of drug-likeness (QED) is 0.689. The zero-order valence-electron chi connectivity index (χ0n) is 6.31. The molecule has 0 saturated carbocycles. The first kappa shape index (κ1) is 9.97. The highest BCUT2D eigenvalue weighted by molar-refractivity contribution is 7.13. The van der Waals surface area contributed by atoms with E-state index in [1.807, 2.05) is 0 Å². The van der Waals surface area contributed by atoms with E-state index in [0.29, 0.717) is 11.3 Å². The Bertz CT molecular complexity index is 344. The number of halogens is 3.